The number of nitrogens with two attached hydrogens (primary N) is 1. The van der Waals surface area contributed by atoms with E-state index < -0.39 is 5.97 Å². The maximum atomic E-state index is 11.3. The van der Waals surface area contributed by atoms with Gasteiger partial charge in [0, 0.05) is 22.2 Å². The topological polar surface area (TPSA) is 117 Å². The zero-order valence-corrected chi connectivity index (χ0v) is 16.1. The Balaban J connectivity index is 2.01. The highest BCUT2D eigenvalue weighted by atomic mass is 16.4. The minimum Gasteiger partial charge on any atom is -0.545 e. The highest BCUT2D eigenvalue weighted by molar-refractivity contribution is 6.10. The second kappa shape index (κ2) is 7.56. The molecule has 0 amide bonds. The van der Waals surface area contributed by atoms with E-state index in [0.717, 1.165) is 22.2 Å². The maximum absolute atomic E-state index is 11.3. The molecule has 0 aliphatic heterocycles. The molecule has 0 saturated carbocycles. The largest absolute Gasteiger partial charge is 0.545 e. The number of nitrogens with zero attached hydrogens (tertiary/aromatic N) is 4. The normalized spacial score (nSPS) is 12.4. The highest BCUT2D eigenvalue weighted by Crippen LogP contribution is 2.22. The van der Waals surface area contributed by atoms with Gasteiger partial charge in [-0.25, -0.2) is 15.0 Å². The van der Waals surface area contributed by atoms with Gasteiger partial charge in [0.2, 0.25) is 5.96 Å². The Morgan fingerprint density at radius 1 is 1.04 bits per heavy atom. The minimum absolute atomic E-state index is 0.0418. The van der Waals surface area contributed by atoms with Crippen molar-refractivity contribution in [2.45, 2.75) is 27.7 Å². The number of aromatic carboxylic acids is 1. The van der Waals surface area contributed by atoms with Crippen molar-refractivity contribution in [3.8, 4) is 0 Å². The number of guanidine groups is 1. The summed E-state index contributed by atoms with van der Waals surface area (Å²) in [6, 6.07) is 10.5. The smallest absolute Gasteiger partial charge is 0.253 e. The van der Waals surface area contributed by atoms with Crippen molar-refractivity contribution in [3.63, 3.8) is 0 Å². The van der Waals surface area contributed by atoms with Gasteiger partial charge >= 0.3 is 0 Å². The summed E-state index contributed by atoms with van der Waals surface area (Å²) in [5.41, 5.74) is 10.7. The number of carbonyl (C=O) groups excluding carboxylic acids is 1. The van der Waals surface area contributed by atoms with Crippen LogP contribution in [0.1, 0.15) is 39.7 Å². The van der Waals surface area contributed by atoms with Crippen LogP contribution >= 0.6 is 0 Å². The summed E-state index contributed by atoms with van der Waals surface area (Å²) in [6.07, 6.45) is 0. The molecule has 1 aromatic heterocycles. The number of carbonyl (C=O) groups is 1. The number of hydrogen-bond donors (Lipinski definition) is 1. The van der Waals surface area contributed by atoms with Crippen molar-refractivity contribution >= 4 is 34.5 Å². The summed E-state index contributed by atoms with van der Waals surface area (Å²) in [6.45, 7) is 7.60. The Morgan fingerprint density at radius 3 is 2.36 bits per heavy atom. The average Bonchev–Trinajstić information content (AvgIpc) is 2.63. The second-order valence-electron chi connectivity index (χ2n) is 6.56. The van der Waals surface area contributed by atoms with Crippen molar-refractivity contribution in [1.29, 1.82) is 0 Å². The lowest BCUT2D eigenvalue weighted by Gasteiger charge is -2.09. The molecule has 0 atom stereocenters. The van der Waals surface area contributed by atoms with Crippen LogP contribution in [0.25, 0.3) is 10.9 Å². The van der Waals surface area contributed by atoms with E-state index in [1.807, 2.05) is 26.8 Å². The van der Waals surface area contributed by atoms with E-state index in [9.17, 15) is 9.90 Å². The number of carboxylic acids is 1. The lowest BCUT2D eigenvalue weighted by atomic mass is 10.0. The van der Waals surface area contributed by atoms with Crippen LogP contribution in [0, 0.1) is 20.8 Å². The Kier molecular flexibility index (Phi) is 5.17. The van der Waals surface area contributed by atoms with Gasteiger partial charge in [-0.2, -0.15) is 4.99 Å². The van der Waals surface area contributed by atoms with Gasteiger partial charge in [-0.3, -0.25) is 0 Å². The summed E-state index contributed by atoms with van der Waals surface area (Å²) >= 11 is 0. The van der Waals surface area contributed by atoms with Crippen LogP contribution in [0.4, 0.5) is 5.95 Å². The molecule has 0 aliphatic carbocycles. The molecule has 0 unspecified atom stereocenters. The number of benzene rings is 2. The quantitative estimate of drug-likeness (QED) is 0.558. The predicted molar refractivity (Wildman–Crippen MR) is 108 cm³/mol. The van der Waals surface area contributed by atoms with E-state index in [1.54, 1.807) is 25.1 Å². The van der Waals surface area contributed by atoms with E-state index in [1.165, 1.54) is 11.6 Å². The first kappa shape index (κ1) is 19.2. The average molecular weight is 374 g/mol. The lowest BCUT2D eigenvalue weighted by molar-refractivity contribution is -0.255. The van der Waals surface area contributed by atoms with Crippen LogP contribution in [0.5, 0.6) is 0 Å². The number of carboxylic acid groups (broad SMARTS) is 1. The van der Waals surface area contributed by atoms with Gasteiger partial charge in [-0.1, -0.05) is 24.3 Å². The summed E-state index contributed by atoms with van der Waals surface area (Å²) in [4.78, 5) is 28.5. The van der Waals surface area contributed by atoms with Crippen molar-refractivity contribution in [3.05, 3.63) is 64.3 Å². The van der Waals surface area contributed by atoms with Crippen molar-refractivity contribution in [1.82, 2.24) is 9.97 Å². The third-order valence-electron chi connectivity index (χ3n) is 4.52. The first-order valence-electron chi connectivity index (χ1n) is 8.72. The van der Waals surface area contributed by atoms with Gasteiger partial charge in [-0.15, -0.1) is 0 Å². The zero-order valence-electron chi connectivity index (χ0n) is 16.1. The van der Waals surface area contributed by atoms with Gasteiger partial charge in [0.25, 0.3) is 5.95 Å². The number of hydrogen-bond acceptors (Lipinski definition) is 5. The predicted octanol–water partition coefficient (Wildman–Crippen LogP) is 2.37. The van der Waals surface area contributed by atoms with E-state index in [-0.39, 0.29) is 17.5 Å². The van der Waals surface area contributed by atoms with Gasteiger partial charge in [-0.05, 0) is 51.0 Å². The standard InChI is InChI=1S/C21H21N5O2/c1-11-9-17-14(4)24-21(25-18(17)10-12(11)2)26-20(22)23-13(3)15-7-5-6-8-16(15)19(27)28/h5-10H,1-4H3,(H,27,28)(H2,22,24,25,26)/p-1. The Labute approximate surface area is 162 Å². The Hall–Kier alpha value is -3.61. The zero-order chi connectivity index (χ0) is 20.4. The van der Waals surface area contributed by atoms with Crippen LogP contribution in [0.2, 0.25) is 0 Å². The molecule has 0 bridgehead atoms. The molecule has 2 aromatic carbocycles. The molecule has 0 fully saturated rings. The van der Waals surface area contributed by atoms with Crippen molar-refractivity contribution in [2.24, 2.45) is 15.7 Å². The Bertz CT molecular complexity index is 1150. The molecule has 0 aliphatic rings. The molecular weight excluding hydrogens is 354 g/mol. The summed E-state index contributed by atoms with van der Waals surface area (Å²) in [5.74, 6) is -1.14. The van der Waals surface area contributed by atoms with Gasteiger partial charge < -0.3 is 15.6 Å². The van der Waals surface area contributed by atoms with E-state index in [0.29, 0.717) is 11.3 Å². The molecular formula is C21H20N5O2-. The maximum Gasteiger partial charge on any atom is 0.253 e. The van der Waals surface area contributed by atoms with E-state index >= 15 is 0 Å². The lowest BCUT2D eigenvalue weighted by Crippen LogP contribution is -2.25. The fraction of sp³-hybridized carbons (Fsp3) is 0.190. The molecule has 0 radical (unpaired) electrons. The van der Waals surface area contributed by atoms with E-state index in [4.69, 9.17) is 5.73 Å². The SMILES string of the molecule is CC(=NC(N)=Nc1nc(C)c2cc(C)c(C)cc2n1)c1ccccc1C(=O)[O-]. The molecule has 0 saturated heterocycles. The second-order valence-corrected chi connectivity index (χ2v) is 6.56. The number of aromatic nitrogens is 2. The van der Waals surface area contributed by atoms with Gasteiger partial charge in [0.1, 0.15) is 0 Å². The summed E-state index contributed by atoms with van der Waals surface area (Å²) in [5, 5.41) is 12.2. The molecule has 2 N–H and O–H groups in total. The third kappa shape index (κ3) is 3.88. The summed E-state index contributed by atoms with van der Waals surface area (Å²) < 4.78 is 0. The van der Waals surface area contributed by atoms with Crippen LogP contribution in [-0.4, -0.2) is 27.6 Å². The molecule has 3 aromatic rings. The number of aliphatic imine (C=N–C) groups is 2. The van der Waals surface area contributed by atoms with Crippen molar-refractivity contribution < 1.29 is 9.90 Å². The first-order chi connectivity index (χ1) is 13.3. The minimum atomic E-state index is -1.28. The molecule has 0 spiro atoms. The van der Waals surface area contributed by atoms with E-state index in [2.05, 4.69) is 26.0 Å². The molecule has 1 heterocycles. The third-order valence-corrected chi connectivity index (χ3v) is 4.52. The van der Waals surface area contributed by atoms with Crippen LogP contribution in [0.3, 0.4) is 0 Å². The van der Waals surface area contributed by atoms with Crippen LogP contribution in [0.15, 0.2) is 46.4 Å². The molecule has 7 nitrogen and oxygen atoms in total. The molecule has 28 heavy (non-hydrogen) atoms. The molecule has 7 heteroatoms. The van der Waals surface area contributed by atoms with Gasteiger partial charge in [0.15, 0.2) is 0 Å². The highest BCUT2D eigenvalue weighted by Gasteiger charge is 2.08. The number of fused-ring (bicyclic) bond motifs is 1. The molecule has 142 valence electrons. The molecule has 3 rings (SSSR count). The number of aryl methyl sites for hydroxylation is 3. The fourth-order valence-corrected chi connectivity index (χ4v) is 2.91. The first-order valence-corrected chi connectivity index (χ1v) is 8.72. The van der Waals surface area contributed by atoms with Crippen molar-refractivity contribution in [2.75, 3.05) is 0 Å². The van der Waals surface area contributed by atoms with Crippen LogP contribution < -0.4 is 10.8 Å². The van der Waals surface area contributed by atoms with Crippen LogP contribution in [-0.2, 0) is 0 Å². The number of rotatable bonds is 3. The summed E-state index contributed by atoms with van der Waals surface area (Å²) in [7, 11) is 0. The Morgan fingerprint density at radius 2 is 1.68 bits per heavy atom. The fourth-order valence-electron chi connectivity index (χ4n) is 2.91. The monoisotopic (exact) mass is 374 g/mol. The van der Waals surface area contributed by atoms with Gasteiger partial charge in [0.05, 0.1) is 17.2 Å².